The van der Waals surface area contributed by atoms with Gasteiger partial charge in [0.05, 0.1) is 18.3 Å². The SMILES string of the molecule is Nc1ncnc2c1ncn2C1C=C[C@H](C(=O)O)C1. The van der Waals surface area contributed by atoms with Gasteiger partial charge in [-0.15, -0.1) is 0 Å². The van der Waals surface area contributed by atoms with E-state index in [1.54, 1.807) is 12.4 Å². The van der Waals surface area contributed by atoms with Crippen molar-refractivity contribution in [1.29, 1.82) is 0 Å². The monoisotopic (exact) mass is 245 g/mol. The third kappa shape index (κ3) is 1.52. The Morgan fingerprint density at radius 3 is 2.94 bits per heavy atom. The maximum absolute atomic E-state index is 10.9. The second-order valence-corrected chi connectivity index (χ2v) is 4.22. The number of rotatable bonds is 2. The van der Waals surface area contributed by atoms with E-state index in [2.05, 4.69) is 15.0 Å². The number of nitrogen functional groups attached to an aromatic ring is 1. The molecular formula is C11H11N5O2. The van der Waals surface area contributed by atoms with Gasteiger partial charge in [0.25, 0.3) is 0 Å². The van der Waals surface area contributed by atoms with Crippen LogP contribution in [0.5, 0.6) is 0 Å². The molecule has 1 unspecified atom stereocenters. The van der Waals surface area contributed by atoms with Crippen LogP contribution in [0.15, 0.2) is 24.8 Å². The van der Waals surface area contributed by atoms with E-state index >= 15 is 0 Å². The number of allylic oxidation sites excluding steroid dienone is 1. The molecule has 0 saturated carbocycles. The minimum absolute atomic E-state index is 0.0506. The van der Waals surface area contributed by atoms with Crippen molar-refractivity contribution in [2.75, 3.05) is 5.73 Å². The quantitative estimate of drug-likeness (QED) is 0.750. The fraction of sp³-hybridized carbons (Fsp3) is 0.273. The molecule has 0 amide bonds. The Labute approximate surface area is 102 Å². The van der Waals surface area contributed by atoms with Crippen molar-refractivity contribution in [1.82, 2.24) is 19.5 Å². The maximum atomic E-state index is 10.9. The minimum Gasteiger partial charge on any atom is -0.481 e. The predicted octanol–water partition coefficient (Wildman–Crippen LogP) is 0.610. The third-order valence-electron chi connectivity index (χ3n) is 3.12. The van der Waals surface area contributed by atoms with Crippen LogP contribution in [-0.2, 0) is 4.79 Å². The van der Waals surface area contributed by atoms with Crippen LogP contribution >= 0.6 is 0 Å². The molecule has 92 valence electrons. The van der Waals surface area contributed by atoms with E-state index in [0.717, 1.165) is 0 Å². The van der Waals surface area contributed by atoms with Gasteiger partial charge in [0.1, 0.15) is 11.8 Å². The molecule has 18 heavy (non-hydrogen) atoms. The highest BCUT2D eigenvalue weighted by Crippen LogP contribution is 2.30. The smallest absolute Gasteiger partial charge is 0.310 e. The standard InChI is InChI=1S/C11H11N5O2/c12-9-8-10(14-4-13-9)16(5-15-8)7-2-1-6(3-7)11(17)18/h1-2,4-7H,3H2,(H,17,18)(H2,12,13,14)/t6-,7?/m0/s1. The number of nitrogens with two attached hydrogens (primary N) is 1. The first-order chi connectivity index (χ1) is 8.66. The Bertz CT molecular complexity index is 648. The fourth-order valence-electron chi connectivity index (χ4n) is 2.18. The van der Waals surface area contributed by atoms with Gasteiger partial charge in [-0.2, -0.15) is 0 Å². The molecule has 0 aliphatic heterocycles. The normalized spacial score (nSPS) is 22.7. The summed E-state index contributed by atoms with van der Waals surface area (Å²) in [4.78, 5) is 23.1. The Kier molecular flexibility index (Phi) is 2.26. The summed E-state index contributed by atoms with van der Waals surface area (Å²) in [6, 6.07) is -0.0506. The van der Waals surface area contributed by atoms with E-state index in [1.165, 1.54) is 6.33 Å². The lowest BCUT2D eigenvalue weighted by Crippen LogP contribution is -2.12. The summed E-state index contributed by atoms with van der Waals surface area (Å²) in [5, 5.41) is 8.96. The zero-order valence-corrected chi connectivity index (χ0v) is 9.39. The molecule has 1 aliphatic rings. The van der Waals surface area contributed by atoms with Crippen molar-refractivity contribution in [2.45, 2.75) is 12.5 Å². The van der Waals surface area contributed by atoms with Gasteiger partial charge in [0, 0.05) is 0 Å². The topological polar surface area (TPSA) is 107 Å². The van der Waals surface area contributed by atoms with Crippen molar-refractivity contribution < 1.29 is 9.90 Å². The van der Waals surface area contributed by atoms with Crippen molar-refractivity contribution >= 4 is 23.0 Å². The van der Waals surface area contributed by atoms with Crippen LogP contribution in [0.2, 0.25) is 0 Å². The molecule has 2 aromatic rings. The van der Waals surface area contributed by atoms with E-state index < -0.39 is 11.9 Å². The Morgan fingerprint density at radius 2 is 2.22 bits per heavy atom. The van der Waals surface area contributed by atoms with Gasteiger partial charge in [-0.3, -0.25) is 4.79 Å². The molecule has 1 aliphatic carbocycles. The minimum atomic E-state index is -0.813. The maximum Gasteiger partial charge on any atom is 0.310 e. The summed E-state index contributed by atoms with van der Waals surface area (Å²) in [5.74, 6) is -0.936. The van der Waals surface area contributed by atoms with Crippen LogP contribution < -0.4 is 5.73 Å². The third-order valence-corrected chi connectivity index (χ3v) is 3.12. The molecule has 7 nitrogen and oxygen atoms in total. The average Bonchev–Trinajstić information content (AvgIpc) is 2.94. The van der Waals surface area contributed by atoms with Crippen molar-refractivity contribution in [3.05, 3.63) is 24.8 Å². The summed E-state index contributed by atoms with van der Waals surface area (Å²) >= 11 is 0. The van der Waals surface area contributed by atoms with Crippen LogP contribution in [-0.4, -0.2) is 30.6 Å². The molecule has 0 radical (unpaired) electrons. The highest BCUT2D eigenvalue weighted by atomic mass is 16.4. The van der Waals surface area contributed by atoms with Gasteiger partial charge < -0.3 is 15.4 Å². The van der Waals surface area contributed by atoms with Gasteiger partial charge in [-0.1, -0.05) is 12.2 Å². The molecule has 0 fully saturated rings. The number of nitrogens with zero attached hydrogens (tertiary/aromatic N) is 4. The number of anilines is 1. The molecule has 0 spiro atoms. The summed E-state index contributed by atoms with van der Waals surface area (Å²) < 4.78 is 1.83. The second kappa shape index (κ2) is 3.80. The predicted molar refractivity (Wildman–Crippen MR) is 63.7 cm³/mol. The van der Waals surface area contributed by atoms with E-state index in [0.29, 0.717) is 23.4 Å². The van der Waals surface area contributed by atoms with Crippen LogP contribution in [0.3, 0.4) is 0 Å². The molecule has 2 atom stereocenters. The molecule has 0 saturated heterocycles. The lowest BCUT2D eigenvalue weighted by Gasteiger charge is -2.11. The second-order valence-electron chi connectivity index (χ2n) is 4.22. The van der Waals surface area contributed by atoms with Crippen molar-refractivity contribution in [3.8, 4) is 0 Å². The van der Waals surface area contributed by atoms with Crippen LogP contribution in [0.25, 0.3) is 11.2 Å². The zero-order chi connectivity index (χ0) is 12.7. The fourth-order valence-corrected chi connectivity index (χ4v) is 2.18. The van der Waals surface area contributed by atoms with E-state index in [-0.39, 0.29) is 6.04 Å². The van der Waals surface area contributed by atoms with E-state index in [1.807, 2.05) is 10.6 Å². The number of carbonyl (C=O) groups is 1. The number of carboxylic acid groups (broad SMARTS) is 1. The number of hydrogen-bond donors (Lipinski definition) is 2. The summed E-state index contributed by atoms with van der Waals surface area (Å²) in [7, 11) is 0. The van der Waals surface area contributed by atoms with Gasteiger partial charge in [-0.05, 0) is 6.42 Å². The average molecular weight is 245 g/mol. The molecule has 0 bridgehead atoms. The van der Waals surface area contributed by atoms with Crippen LogP contribution in [0.1, 0.15) is 12.5 Å². The number of carboxylic acids is 1. The molecule has 3 N–H and O–H groups in total. The first-order valence-electron chi connectivity index (χ1n) is 5.51. The Balaban J connectivity index is 2.00. The Hall–Kier alpha value is -2.44. The number of imidazole rings is 1. The number of aromatic nitrogens is 4. The van der Waals surface area contributed by atoms with Crippen molar-refractivity contribution in [3.63, 3.8) is 0 Å². The summed E-state index contributed by atoms with van der Waals surface area (Å²) in [5.41, 5.74) is 6.88. The first kappa shape index (κ1) is 10.7. The molecule has 2 heterocycles. The lowest BCUT2D eigenvalue weighted by atomic mass is 10.1. The highest BCUT2D eigenvalue weighted by Gasteiger charge is 2.26. The highest BCUT2D eigenvalue weighted by molar-refractivity contribution is 5.81. The number of aliphatic carboxylic acids is 1. The van der Waals surface area contributed by atoms with E-state index in [9.17, 15) is 4.79 Å². The summed E-state index contributed by atoms with van der Waals surface area (Å²) in [6.45, 7) is 0. The number of hydrogen-bond acceptors (Lipinski definition) is 5. The van der Waals surface area contributed by atoms with Gasteiger partial charge in [0.15, 0.2) is 11.5 Å². The van der Waals surface area contributed by atoms with Crippen LogP contribution in [0, 0.1) is 5.92 Å². The lowest BCUT2D eigenvalue weighted by molar-refractivity contribution is -0.140. The number of fused-ring (bicyclic) bond motifs is 1. The van der Waals surface area contributed by atoms with E-state index in [4.69, 9.17) is 10.8 Å². The van der Waals surface area contributed by atoms with Crippen molar-refractivity contribution in [2.24, 2.45) is 5.92 Å². The van der Waals surface area contributed by atoms with Gasteiger partial charge in [0.2, 0.25) is 0 Å². The molecule has 0 aromatic carbocycles. The molecule has 3 rings (SSSR count). The van der Waals surface area contributed by atoms with Gasteiger partial charge in [-0.25, -0.2) is 15.0 Å². The van der Waals surface area contributed by atoms with Crippen LogP contribution in [0.4, 0.5) is 5.82 Å². The zero-order valence-electron chi connectivity index (χ0n) is 9.39. The molecule has 2 aromatic heterocycles. The summed E-state index contributed by atoms with van der Waals surface area (Å²) in [6.07, 6.45) is 7.06. The largest absolute Gasteiger partial charge is 0.481 e. The van der Waals surface area contributed by atoms with Gasteiger partial charge >= 0.3 is 5.97 Å². The Morgan fingerprint density at radius 1 is 1.39 bits per heavy atom. The molecule has 7 heteroatoms. The molecular weight excluding hydrogens is 234 g/mol. The first-order valence-corrected chi connectivity index (χ1v) is 5.51.